The van der Waals surface area contributed by atoms with Gasteiger partial charge in [0.25, 0.3) is 0 Å². The topological polar surface area (TPSA) is 52.7 Å². The number of halogens is 2. The van der Waals surface area contributed by atoms with E-state index in [1.807, 2.05) is 0 Å². The highest BCUT2D eigenvalue weighted by atomic mass is 35.5. The third-order valence-corrected chi connectivity index (χ3v) is 7.43. The third kappa shape index (κ3) is 5.64. The van der Waals surface area contributed by atoms with Gasteiger partial charge in [-0.1, -0.05) is 6.07 Å². The van der Waals surface area contributed by atoms with E-state index in [4.69, 9.17) is 0 Å². The van der Waals surface area contributed by atoms with Crippen molar-refractivity contribution in [1.29, 1.82) is 0 Å². The average Bonchev–Trinajstić information content (AvgIpc) is 3.15. The van der Waals surface area contributed by atoms with Crippen LogP contribution in [0.25, 0.3) is 0 Å². The number of likely N-dealkylation sites (tertiary alicyclic amines) is 1. The molecule has 0 aromatic heterocycles. The molecule has 1 N–H and O–H groups in total. The first-order valence-electron chi connectivity index (χ1n) is 9.69. The predicted molar refractivity (Wildman–Crippen MR) is 108 cm³/mol. The first kappa shape index (κ1) is 22.6. The van der Waals surface area contributed by atoms with E-state index in [1.165, 1.54) is 18.9 Å². The molecule has 0 saturated carbocycles. The summed E-state index contributed by atoms with van der Waals surface area (Å²) in [6, 6.07) is 4.17. The molecule has 2 aliphatic heterocycles. The van der Waals surface area contributed by atoms with Crippen LogP contribution in [0.3, 0.4) is 0 Å². The van der Waals surface area contributed by atoms with Crippen LogP contribution in [0.5, 0.6) is 0 Å². The van der Waals surface area contributed by atoms with Crippen LogP contribution in [0, 0.1) is 12.7 Å². The number of hydrogen-bond acceptors (Lipinski definition) is 4. The zero-order valence-corrected chi connectivity index (χ0v) is 17.6. The Labute approximate surface area is 168 Å². The maximum atomic E-state index is 14.0. The van der Waals surface area contributed by atoms with Crippen molar-refractivity contribution in [1.82, 2.24) is 14.5 Å². The standard InChI is InChI=1S/C19H30FN3O2S.ClH/c1-16-7-8-18(14-19(16)20)26(24,25)23(17-6-4-9-21-15-17)13-5-12-22-10-2-3-11-22;/h7-8,14,17,21H,2-6,9-13,15H2,1H3;1H. The van der Waals surface area contributed by atoms with Crippen LogP contribution in [-0.2, 0) is 10.0 Å². The zero-order valence-electron chi connectivity index (χ0n) is 16.0. The van der Waals surface area contributed by atoms with Crippen molar-refractivity contribution >= 4 is 22.4 Å². The lowest BCUT2D eigenvalue weighted by Crippen LogP contribution is -2.49. The van der Waals surface area contributed by atoms with Crippen molar-refractivity contribution in [2.75, 3.05) is 39.3 Å². The van der Waals surface area contributed by atoms with Gasteiger partial charge in [-0.3, -0.25) is 0 Å². The second-order valence-corrected chi connectivity index (χ2v) is 9.32. The Balaban J connectivity index is 0.00000261. The lowest BCUT2D eigenvalue weighted by molar-refractivity contribution is 0.246. The molecule has 8 heteroatoms. The molecule has 0 spiro atoms. The van der Waals surface area contributed by atoms with E-state index in [1.54, 1.807) is 17.3 Å². The van der Waals surface area contributed by atoms with Crippen LogP contribution < -0.4 is 5.32 Å². The van der Waals surface area contributed by atoms with Crippen molar-refractivity contribution in [2.24, 2.45) is 0 Å². The Hall–Kier alpha value is -0.730. The van der Waals surface area contributed by atoms with Gasteiger partial charge in [0.1, 0.15) is 5.82 Å². The largest absolute Gasteiger partial charge is 0.315 e. The monoisotopic (exact) mass is 419 g/mol. The van der Waals surface area contributed by atoms with Gasteiger partial charge in [0.15, 0.2) is 0 Å². The summed E-state index contributed by atoms with van der Waals surface area (Å²) in [5.41, 5.74) is 0.462. The minimum atomic E-state index is -3.70. The summed E-state index contributed by atoms with van der Waals surface area (Å²) in [5, 5.41) is 3.30. The van der Waals surface area contributed by atoms with Crippen molar-refractivity contribution in [3.05, 3.63) is 29.6 Å². The first-order valence-corrected chi connectivity index (χ1v) is 11.1. The molecule has 154 valence electrons. The minimum absolute atomic E-state index is 0. The predicted octanol–water partition coefficient (Wildman–Crippen LogP) is 2.78. The summed E-state index contributed by atoms with van der Waals surface area (Å²) in [7, 11) is -3.70. The van der Waals surface area contributed by atoms with E-state index >= 15 is 0 Å². The van der Waals surface area contributed by atoms with E-state index < -0.39 is 15.8 Å². The normalized spacial score (nSPS) is 21.4. The fourth-order valence-electron chi connectivity index (χ4n) is 3.90. The van der Waals surface area contributed by atoms with Crippen LogP contribution >= 0.6 is 12.4 Å². The Kier molecular flexibility index (Phi) is 8.49. The van der Waals surface area contributed by atoms with Gasteiger partial charge in [0, 0.05) is 19.1 Å². The maximum absolute atomic E-state index is 14.0. The Morgan fingerprint density at radius 3 is 2.63 bits per heavy atom. The van der Waals surface area contributed by atoms with Gasteiger partial charge in [-0.15, -0.1) is 12.4 Å². The number of nitrogens with one attached hydrogen (secondary N) is 1. The van der Waals surface area contributed by atoms with Crippen LogP contribution in [0.15, 0.2) is 23.1 Å². The summed E-state index contributed by atoms with van der Waals surface area (Å²) in [4.78, 5) is 2.46. The molecule has 2 aliphatic rings. The molecule has 2 heterocycles. The highest BCUT2D eigenvalue weighted by Gasteiger charge is 2.32. The average molecular weight is 420 g/mol. The van der Waals surface area contributed by atoms with E-state index in [9.17, 15) is 12.8 Å². The summed E-state index contributed by atoms with van der Waals surface area (Å²) in [5.74, 6) is -0.468. The highest BCUT2D eigenvalue weighted by molar-refractivity contribution is 7.89. The Bertz CT molecular complexity index is 705. The second-order valence-electron chi connectivity index (χ2n) is 7.43. The number of aryl methyl sites for hydroxylation is 1. The van der Waals surface area contributed by atoms with Gasteiger partial charge in [-0.05, 0) is 82.9 Å². The number of piperidine rings is 1. The van der Waals surface area contributed by atoms with Crippen LogP contribution in [0.4, 0.5) is 4.39 Å². The molecule has 1 atom stereocenters. The maximum Gasteiger partial charge on any atom is 0.243 e. The van der Waals surface area contributed by atoms with Crippen molar-refractivity contribution < 1.29 is 12.8 Å². The number of benzene rings is 1. The van der Waals surface area contributed by atoms with Gasteiger partial charge in [0.05, 0.1) is 4.90 Å². The molecule has 0 amide bonds. The van der Waals surface area contributed by atoms with E-state index in [0.29, 0.717) is 18.7 Å². The molecule has 27 heavy (non-hydrogen) atoms. The van der Waals surface area contributed by atoms with Crippen LogP contribution in [0.1, 0.15) is 37.7 Å². The number of rotatable bonds is 7. The minimum Gasteiger partial charge on any atom is -0.315 e. The van der Waals surface area contributed by atoms with Crippen LogP contribution in [-0.4, -0.2) is 62.9 Å². The SMILES string of the molecule is Cc1ccc(S(=O)(=O)N(CCCN2CCCC2)C2CCCNC2)cc1F.Cl. The number of nitrogens with zero attached hydrogens (tertiary/aromatic N) is 2. The summed E-state index contributed by atoms with van der Waals surface area (Å²) < 4.78 is 42.1. The molecule has 0 aliphatic carbocycles. The molecule has 0 radical (unpaired) electrons. The summed E-state index contributed by atoms with van der Waals surface area (Å²) in [6.07, 6.45) is 5.09. The molecule has 1 unspecified atom stereocenters. The smallest absolute Gasteiger partial charge is 0.243 e. The Morgan fingerprint density at radius 2 is 2.00 bits per heavy atom. The van der Waals surface area contributed by atoms with Gasteiger partial charge in [-0.25, -0.2) is 12.8 Å². The zero-order chi connectivity index (χ0) is 18.6. The lowest BCUT2D eigenvalue weighted by atomic mass is 10.1. The van der Waals surface area contributed by atoms with E-state index in [-0.39, 0.29) is 23.3 Å². The second kappa shape index (κ2) is 10.2. The van der Waals surface area contributed by atoms with Crippen molar-refractivity contribution in [3.63, 3.8) is 0 Å². The van der Waals surface area contributed by atoms with E-state index in [0.717, 1.165) is 51.5 Å². The Morgan fingerprint density at radius 1 is 1.26 bits per heavy atom. The van der Waals surface area contributed by atoms with E-state index in [2.05, 4.69) is 10.2 Å². The highest BCUT2D eigenvalue weighted by Crippen LogP contribution is 2.24. The molecule has 2 saturated heterocycles. The fraction of sp³-hybridized carbons (Fsp3) is 0.684. The van der Waals surface area contributed by atoms with Crippen LogP contribution in [0.2, 0.25) is 0 Å². The molecule has 2 fully saturated rings. The summed E-state index contributed by atoms with van der Waals surface area (Å²) >= 11 is 0. The number of hydrogen-bond donors (Lipinski definition) is 1. The van der Waals surface area contributed by atoms with Gasteiger partial charge >= 0.3 is 0 Å². The summed E-state index contributed by atoms with van der Waals surface area (Å²) in [6.45, 7) is 6.87. The molecule has 5 nitrogen and oxygen atoms in total. The number of sulfonamides is 1. The van der Waals surface area contributed by atoms with Gasteiger partial charge in [-0.2, -0.15) is 4.31 Å². The molecule has 1 aromatic rings. The molecule has 3 rings (SSSR count). The van der Waals surface area contributed by atoms with Gasteiger partial charge in [0.2, 0.25) is 10.0 Å². The lowest BCUT2D eigenvalue weighted by Gasteiger charge is -2.34. The van der Waals surface area contributed by atoms with Crippen molar-refractivity contribution in [3.8, 4) is 0 Å². The quantitative estimate of drug-likeness (QED) is 0.738. The molecule has 0 bridgehead atoms. The fourth-order valence-corrected chi connectivity index (χ4v) is 5.61. The van der Waals surface area contributed by atoms with Crippen molar-refractivity contribution in [2.45, 2.75) is 50.0 Å². The van der Waals surface area contributed by atoms with Gasteiger partial charge < -0.3 is 10.2 Å². The molecular formula is C19H31ClFN3O2S. The first-order chi connectivity index (χ1) is 12.5. The molecule has 1 aromatic carbocycles. The third-order valence-electron chi connectivity index (χ3n) is 5.48. The molecular weight excluding hydrogens is 389 g/mol.